The van der Waals surface area contributed by atoms with Crippen LogP contribution in [0.25, 0.3) is 0 Å². The lowest BCUT2D eigenvalue weighted by molar-refractivity contribution is 0.355. The molecule has 1 saturated carbocycles. The molecule has 0 nitrogen and oxygen atoms in total. The van der Waals surface area contributed by atoms with E-state index >= 15 is 0 Å². The van der Waals surface area contributed by atoms with Crippen molar-refractivity contribution in [2.24, 2.45) is 5.92 Å². The van der Waals surface area contributed by atoms with Crippen molar-refractivity contribution in [3.63, 3.8) is 0 Å². The molecular formula is C13H16Cl2. The van der Waals surface area contributed by atoms with Crippen molar-refractivity contribution in [3.05, 3.63) is 35.9 Å². The summed E-state index contributed by atoms with van der Waals surface area (Å²) in [6, 6.07) is 10.3. The van der Waals surface area contributed by atoms with E-state index in [1.165, 1.54) is 18.4 Å². The first kappa shape index (κ1) is 11.3. The van der Waals surface area contributed by atoms with E-state index < -0.39 is 0 Å². The molecule has 0 radical (unpaired) electrons. The Labute approximate surface area is 102 Å². The summed E-state index contributed by atoms with van der Waals surface area (Å²) in [5.74, 6) is 0.435. The second-order valence-corrected chi connectivity index (χ2v) is 5.31. The standard InChI is InChI=1S/C13H16Cl2/c14-12-9-5-4-8-11(12)13(15)10-6-2-1-3-7-10/h1-3,6-7,11-13H,4-5,8-9H2. The molecule has 1 aromatic carbocycles. The van der Waals surface area contributed by atoms with E-state index in [4.69, 9.17) is 23.2 Å². The van der Waals surface area contributed by atoms with E-state index in [1.807, 2.05) is 18.2 Å². The molecule has 0 spiro atoms. The summed E-state index contributed by atoms with van der Waals surface area (Å²) in [5.41, 5.74) is 1.21. The summed E-state index contributed by atoms with van der Waals surface area (Å²) in [5, 5.41) is 0.329. The third kappa shape index (κ3) is 2.68. The fraction of sp³-hybridized carbons (Fsp3) is 0.538. The maximum Gasteiger partial charge on any atom is 0.0627 e. The van der Waals surface area contributed by atoms with Crippen molar-refractivity contribution in [1.82, 2.24) is 0 Å². The van der Waals surface area contributed by atoms with Gasteiger partial charge in [-0.25, -0.2) is 0 Å². The van der Waals surface area contributed by atoms with Crippen LogP contribution in [0.5, 0.6) is 0 Å². The van der Waals surface area contributed by atoms with Crippen molar-refractivity contribution < 1.29 is 0 Å². The van der Waals surface area contributed by atoms with Gasteiger partial charge < -0.3 is 0 Å². The number of alkyl halides is 2. The van der Waals surface area contributed by atoms with E-state index in [9.17, 15) is 0 Å². The molecule has 1 aliphatic carbocycles. The highest BCUT2D eigenvalue weighted by molar-refractivity contribution is 6.24. The predicted molar refractivity (Wildman–Crippen MR) is 66.6 cm³/mol. The van der Waals surface area contributed by atoms with Gasteiger partial charge in [0.1, 0.15) is 0 Å². The Balaban J connectivity index is 2.09. The molecule has 3 atom stereocenters. The van der Waals surface area contributed by atoms with Gasteiger partial charge in [-0.3, -0.25) is 0 Å². The van der Waals surface area contributed by atoms with Crippen LogP contribution in [-0.4, -0.2) is 5.38 Å². The predicted octanol–water partition coefficient (Wildman–Crippen LogP) is 4.76. The molecule has 2 rings (SSSR count). The van der Waals surface area contributed by atoms with Crippen LogP contribution in [0.4, 0.5) is 0 Å². The molecule has 1 aromatic rings. The topological polar surface area (TPSA) is 0 Å². The first-order valence-electron chi connectivity index (χ1n) is 5.62. The second-order valence-electron chi connectivity index (χ2n) is 4.28. The average molecular weight is 243 g/mol. The summed E-state index contributed by atoms with van der Waals surface area (Å²) < 4.78 is 0. The highest BCUT2D eigenvalue weighted by Crippen LogP contribution is 2.41. The van der Waals surface area contributed by atoms with Crippen LogP contribution >= 0.6 is 23.2 Å². The molecular weight excluding hydrogens is 227 g/mol. The molecule has 0 bridgehead atoms. The smallest absolute Gasteiger partial charge is 0.0627 e. The Hall–Kier alpha value is -0.200. The van der Waals surface area contributed by atoms with Gasteiger partial charge in [-0.2, -0.15) is 0 Å². The molecule has 0 heterocycles. The average Bonchev–Trinajstić information content (AvgIpc) is 2.30. The quantitative estimate of drug-likeness (QED) is 0.656. The maximum atomic E-state index is 6.50. The zero-order chi connectivity index (χ0) is 10.7. The Morgan fingerprint density at radius 3 is 2.40 bits per heavy atom. The van der Waals surface area contributed by atoms with Gasteiger partial charge in [0.2, 0.25) is 0 Å². The summed E-state index contributed by atoms with van der Waals surface area (Å²) in [4.78, 5) is 0. The van der Waals surface area contributed by atoms with Crippen LogP contribution in [-0.2, 0) is 0 Å². The molecule has 15 heavy (non-hydrogen) atoms. The molecule has 82 valence electrons. The molecule has 0 N–H and O–H groups in total. The molecule has 1 fully saturated rings. The van der Waals surface area contributed by atoms with Gasteiger partial charge in [-0.15, -0.1) is 23.2 Å². The lowest BCUT2D eigenvalue weighted by Crippen LogP contribution is -2.23. The summed E-state index contributed by atoms with van der Waals surface area (Å²) in [6.07, 6.45) is 4.80. The Kier molecular flexibility index (Phi) is 3.93. The number of benzene rings is 1. The van der Waals surface area contributed by atoms with Crippen LogP contribution in [0.15, 0.2) is 30.3 Å². The Bertz CT molecular complexity index is 297. The Morgan fingerprint density at radius 1 is 1.07 bits per heavy atom. The van der Waals surface area contributed by atoms with Gasteiger partial charge in [0, 0.05) is 5.38 Å². The molecule has 0 aliphatic heterocycles. The van der Waals surface area contributed by atoms with Gasteiger partial charge in [0.15, 0.2) is 0 Å². The first-order chi connectivity index (χ1) is 7.29. The van der Waals surface area contributed by atoms with Crippen LogP contribution in [0.2, 0.25) is 0 Å². The highest BCUT2D eigenvalue weighted by atomic mass is 35.5. The molecule has 1 aliphatic rings. The third-order valence-corrected chi connectivity index (χ3v) is 4.34. The Morgan fingerprint density at radius 2 is 1.73 bits per heavy atom. The van der Waals surface area contributed by atoms with Crippen molar-refractivity contribution >= 4 is 23.2 Å². The lowest BCUT2D eigenvalue weighted by atomic mass is 9.84. The van der Waals surface area contributed by atoms with Crippen molar-refractivity contribution in [1.29, 1.82) is 0 Å². The number of hydrogen-bond acceptors (Lipinski definition) is 0. The fourth-order valence-corrected chi connectivity index (χ4v) is 3.28. The minimum absolute atomic E-state index is 0.0778. The first-order valence-corrected chi connectivity index (χ1v) is 6.49. The third-order valence-electron chi connectivity index (χ3n) is 3.23. The fourth-order valence-electron chi connectivity index (χ4n) is 2.33. The second kappa shape index (κ2) is 5.23. The van der Waals surface area contributed by atoms with Gasteiger partial charge in [0.25, 0.3) is 0 Å². The van der Waals surface area contributed by atoms with Crippen molar-refractivity contribution in [2.45, 2.75) is 36.4 Å². The monoisotopic (exact) mass is 242 g/mol. The summed E-state index contributed by atoms with van der Waals surface area (Å²) >= 11 is 12.8. The number of hydrogen-bond donors (Lipinski definition) is 0. The van der Waals surface area contributed by atoms with Gasteiger partial charge in [-0.05, 0) is 24.3 Å². The zero-order valence-corrected chi connectivity index (χ0v) is 10.2. The van der Waals surface area contributed by atoms with Gasteiger partial charge in [0.05, 0.1) is 5.38 Å². The van der Waals surface area contributed by atoms with Crippen LogP contribution < -0.4 is 0 Å². The van der Waals surface area contributed by atoms with E-state index in [0.29, 0.717) is 5.92 Å². The normalized spacial score (nSPS) is 28.7. The largest absolute Gasteiger partial charge is 0.123 e. The zero-order valence-electron chi connectivity index (χ0n) is 8.70. The van der Waals surface area contributed by atoms with E-state index in [0.717, 1.165) is 12.8 Å². The van der Waals surface area contributed by atoms with E-state index in [1.54, 1.807) is 0 Å². The molecule has 3 unspecified atom stereocenters. The van der Waals surface area contributed by atoms with Crippen LogP contribution in [0.1, 0.15) is 36.6 Å². The molecule has 0 aromatic heterocycles. The van der Waals surface area contributed by atoms with Gasteiger partial charge in [-0.1, -0.05) is 43.2 Å². The number of rotatable bonds is 2. The minimum Gasteiger partial charge on any atom is -0.123 e. The van der Waals surface area contributed by atoms with Crippen LogP contribution in [0, 0.1) is 5.92 Å². The number of halogens is 2. The summed E-state index contributed by atoms with van der Waals surface area (Å²) in [6.45, 7) is 0. The highest BCUT2D eigenvalue weighted by Gasteiger charge is 2.30. The molecule has 2 heteroatoms. The molecule has 0 saturated heterocycles. The van der Waals surface area contributed by atoms with Crippen molar-refractivity contribution in [3.8, 4) is 0 Å². The van der Waals surface area contributed by atoms with Crippen molar-refractivity contribution in [2.75, 3.05) is 0 Å². The lowest BCUT2D eigenvalue weighted by Gasteiger charge is -2.30. The van der Waals surface area contributed by atoms with Crippen LogP contribution in [0.3, 0.4) is 0 Å². The van der Waals surface area contributed by atoms with E-state index in [-0.39, 0.29) is 10.8 Å². The maximum absolute atomic E-state index is 6.50. The van der Waals surface area contributed by atoms with E-state index in [2.05, 4.69) is 12.1 Å². The SMILES string of the molecule is ClC1CCCCC1C(Cl)c1ccccc1. The minimum atomic E-state index is 0.0778. The summed E-state index contributed by atoms with van der Waals surface area (Å²) in [7, 11) is 0. The molecule has 0 amide bonds. The van der Waals surface area contributed by atoms with Gasteiger partial charge >= 0.3 is 0 Å².